The fourth-order valence-corrected chi connectivity index (χ4v) is 5.08. The molecule has 0 radical (unpaired) electrons. The molecule has 1 aliphatic heterocycles. The van der Waals surface area contributed by atoms with E-state index in [0.29, 0.717) is 26.2 Å². The molecule has 3 aromatic rings. The molecular formula is C23H27ClN4O3S. The minimum absolute atomic E-state index is 0.226. The first-order valence-corrected chi connectivity index (χ1v) is 11.7. The molecule has 1 aromatic carbocycles. The van der Waals surface area contributed by atoms with Gasteiger partial charge in [0.15, 0.2) is 0 Å². The Morgan fingerprint density at radius 1 is 1.09 bits per heavy atom. The zero-order valence-electron chi connectivity index (χ0n) is 18.9. The highest BCUT2D eigenvalue weighted by molar-refractivity contribution is 7.19. The molecule has 1 amide bonds. The number of benzene rings is 1. The van der Waals surface area contributed by atoms with Crippen LogP contribution in [0.4, 0.5) is 10.6 Å². The van der Waals surface area contributed by atoms with Crippen LogP contribution in [0.25, 0.3) is 21.3 Å². The van der Waals surface area contributed by atoms with E-state index in [9.17, 15) is 4.79 Å². The minimum atomic E-state index is -0.512. The van der Waals surface area contributed by atoms with Crippen molar-refractivity contribution in [1.29, 1.82) is 0 Å². The van der Waals surface area contributed by atoms with E-state index in [1.807, 2.05) is 45.0 Å². The standard InChI is InChI=1S/C23H27ClN4O3S/c1-14-17(15-6-8-16(30-5)9-7-15)18-19(25-21(24)26-20(18)32-14)27-10-12-28(13-11-27)22(29)31-23(2,3)4/h6-9H,10-13H2,1-5H3. The fourth-order valence-electron chi connectivity index (χ4n) is 3.83. The molecule has 0 bridgehead atoms. The summed E-state index contributed by atoms with van der Waals surface area (Å²) in [5.41, 5.74) is 1.67. The van der Waals surface area contributed by atoms with Crippen LogP contribution < -0.4 is 9.64 Å². The number of halogens is 1. The Morgan fingerprint density at radius 2 is 1.75 bits per heavy atom. The summed E-state index contributed by atoms with van der Waals surface area (Å²) >= 11 is 7.91. The van der Waals surface area contributed by atoms with Gasteiger partial charge in [0.05, 0.1) is 12.5 Å². The average molecular weight is 475 g/mol. The summed E-state index contributed by atoms with van der Waals surface area (Å²) in [6.45, 7) is 10.1. The number of aromatic nitrogens is 2. The number of amides is 1. The molecule has 1 fully saturated rings. The second-order valence-corrected chi connectivity index (χ2v) is 10.3. The molecule has 7 nitrogen and oxygen atoms in total. The SMILES string of the molecule is COc1ccc(-c2c(C)sc3nc(Cl)nc(N4CCN(C(=O)OC(C)(C)C)CC4)c23)cc1. The van der Waals surface area contributed by atoms with Crippen LogP contribution in [-0.2, 0) is 4.74 Å². The van der Waals surface area contributed by atoms with Crippen LogP contribution in [0.15, 0.2) is 24.3 Å². The van der Waals surface area contributed by atoms with Crippen molar-refractivity contribution in [2.45, 2.75) is 33.3 Å². The molecule has 1 saturated heterocycles. The van der Waals surface area contributed by atoms with E-state index in [1.54, 1.807) is 23.3 Å². The lowest BCUT2D eigenvalue weighted by molar-refractivity contribution is 0.0240. The number of piperazine rings is 1. The molecule has 170 valence electrons. The molecule has 9 heteroatoms. The van der Waals surface area contributed by atoms with Gasteiger partial charge in [-0.2, -0.15) is 4.98 Å². The van der Waals surface area contributed by atoms with Gasteiger partial charge in [0, 0.05) is 36.6 Å². The highest BCUT2D eigenvalue weighted by Crippen LogP contribution is 2.42. The number of fused-ring (bicyclic) bond motifs is 1. The first kappa shape index (κ1) is 22.6. The summed E-state index contributed by atoms with van der Waals surface area (Å²) in [5, 5.41) is 1.22. The number of rotatable bonds is 3. The lowest BCUT2D eigenvalue weighted by atomic mass is 10.0. The van der Waals surface area contributed by atoms with E-state index in [0.717, 1.165) is 37.8 Å². The van der Waals surface area contributed by atoms with Gasteiger partial charge in [-0.15, -0.1) is 11.3 Å². The van der Waals surface area contributed by atoms with Crippen molar-refractivity contribution in [2.75, 3.05) is 38.2 Å². The van der Waals surface area contributed by atoms with Crippen molar-refractivity contribution in [3.63, 3.8) is 0 Å². The molecule has 0 N–H and O–H groups in total. The molecule has 0 saturated carbocycles. The smallest absolute Gasteiger partial charge is 0.410 e. The Hall–Kier alpha value is -2.58. The van der Waals surface area contributed by atoms with E-state index < -0.39 is 5.60 Å². The van der Waals surface area contributed by atoms with Crippen molar-refractivity contribution in [3.05, 3.63) is 34.4 Å². The average Bonchev–Trinajstić information content (AvgIpc) is 3.07. The number of thiophene rings is 1. The topological polar surface area (TPSA) is 67.8 Å². The van der Waals surface area contributed by atoms with E-state index in [1.165, 1.54) is 0 Å². The van der Waals surface area contributed by atoms with E-state index in [4.69, 9.17) is 21.1 Å². The van der Waals surface area contributed by atoms with Crippen LogP contribution in [0.3, 0.4) is 0 Å². The monoisotopic (exact) mass is 474 g/mol. The van der Waals surface area contributed by atoms with Gasteiger partial charge in [0.1, 0.15) is 22.0 Å². The van der Waals surface area contributed by atoms with Gasteiger partial charge in [0.2, 0.25) is 5.28 Å². The maximum Gasteiger partial charge on any atom is 0.410 e. The third-order valence-corrected chi connectivity index (χ3v) is 6.46. The molecule has 0 atom stereocenters. The van der Waals surface area contributed by atoms with Gasteiger partial charge in [-0.25, -0.2) is 9.78 Å². The number of methoxy groups -OCH3 is 1. The van der Waals surface area contributed by atoms with Crippen molar-refractivity contribution >= 4 is 45.1 Å². The number of nitrogens with zero attached hydrogens (tertiary/aromatic N) is 4. The van der Waals surface area contributed by atoms with Crippen LogP contribution in [0.2, 0.25) is 5.28 Å². The molecular weight excluding hydrogens is 448 g/mol. The number of anilines is 1. The summed E-state index contributed by atoms with van der Waals surface area (Å²) < 4.78 is 10.8. The number of hydrogen-bond donors (Lipinski definition) is 0. The summed E-state index contributed by atoms with van der Waals surface area (Å²) in [7, 11) is 1.66. The van der Waals surface area contributed by atoms with Crippen LogP contribution in [0.1, 0.15) is 25.6 Å². The van der Waals surface area contributed by atoms with Crippen molar-refractivity contribution in [3.8, 4) is 16.9 Å². The van der Waals surface area contributed by atoms with Crippen LogP contribution in [-0.4, -0.2) is 59.9 Å². The Balaban J connectivity index is 1.67. The van der Waals surface area contributed by atoms with Crippen LogP contribution >= 0.6 is 22.9 Å². The lowest BCUT2D eigenvalue weighted by Gasteiger charge is -2.36. The fraction of sp³-hybridized carbons (Fsp3) is 0.435. The molecule has 2 aromatic heterocycles. The molecule has 32 heavy (non-hydrogen) atoms. The first-order valence-electron chi connectivity index (χ1n) is 10.5. The minimum Gasteiger partial charge on any atom is -0.497 e. The van der Waals surface area contributed by atoms with Gasteiger partial charge in [-0.1, -0.05) is 12.1 Å². The third kappa shape index (κ3) is 4.61. The van der Waals surface area contributed by atoms with Crippen LogP contribution in [0, 0.1) is 6.92 Å². The second kappa shape index (κ2) is 8.75. The second-order valence-electron chi connectivity index (χ2n) is 8.71. The number of aryl methyl sites for hydroxylation is 1. The normalized spacial score (nSPS) is 14.7. The summed E-state index contributed by atoms with van der Waals surface area (Å²) in [6.07, 6.45) is -0.284. The van der Waals surface area contributed by atoms with Crippen molar-refractivity contribution in [1.82, 2.24) is 14.9 Å². The third-order valence-electron chi connectivity index (χ3n) is 5.29. The molecule has 4 rings (SSSR count). The maximum atomic E-state index is 12.4. The first-order chi connectivity index (χ1) is 15.2. The van der Waals surface area contributed by atoms with Gasteiger partial charge >= 0.3 is 6.09 Å². The van der Waals surface area contributed by atoms with Crippen molar-refractivity contribution in [2.24, 2.45) is 0 Å². The Labute approximate surface area is 196 Å². The lowest BCUT2D eigenvalue weighted by Crippen LogP contribution is -2.50. The number of carbonyl (C=O) groups excluding carboxylic acids is 1. The number of carbonyl (C=O) groups is 1. The maximum absolute atomic E-state index is 12.4. The zero-order valence-corrected chi connectivity index (χ0v) is 20.5. The Morgan fingerprint density at radius 3 is 2.34 bits per heavy atom. The van der Waals surface area contributed by atoms with Crippen molar-refractivity contribution < 1.29 is 14.3 Å². The highest BCUT2D eigenvalue weighted by Gasteiger charge is 2.28. The van der Waals surface area contributed by atoms with Gasteiger partial charge in [-0.05, 0) is 57.0 Å². The molecule has 3 heterocycles. The zero-order chi connectivity index (χ0) is 23.0. The van der Waals surface area contributed by atoms with Gasteiger partial charge < -0.3 is 19.3 Å². The van der Waals surface area contributed by atoms with Crippen LogP contribution in [0.5, 0.6) is 5.75 Å². The Bertz CT molecular complexity index is 1130. The highest BCUT2D eigenvalue weighted by atomic mass is 35.5. The quantitative estimate of drug-likeness (QED) is 0.474. The molecule has 0 unspecified atom stereocenters. The van der Waals surface area contributed by atoms with E-state index >= 15 is 0 Å². The molecule has 0 aliphatic carbocycles. The summed E-state index contributed by atoms with van der Waals surface area (Å²) in [5.74, 6) is 1.61. The predicted octanol–water partition coefficient (Wildman–Crippen LogP) is 5.39. The summed E-state index contributed by atoms with van der Waals surface area (Å²) in [6, 6.07) is 8.00. The van der Waals surface area contributed by atoms with E-state index in [-0.39, 0.29) is 11.4 Å². The summed E-state index contributed by atoms with van der Waals surface area (Å²) in [4.78, 5) is 27.5. The van der Waals surface area contributed by atoms with E-state index in [2.05, 4.69) is 21.8 Å². The van der Waals surface area contributed by atoms with Gasteiger partial charge in [0.25, 0.3) is 0 Å². The largest absolute Gasteiger partial charge is 0.497 e. The van der Waals surface area contributed by atoms with Gasteiger partial charge in [-0.3, -0.25) is 0 Å². The Kier molecular flexibility index (Phi) is 6.18. The molecule has 0 spiro atoms. The number of hydrogen-bond acceptors (Lipinski definition) is 7. The predicted molar refractivity (Wildman–Crippen MR) is 129 cm³/mol. The molecule has 1 aliphatic rings. The number of ether oxygens (including phenoxy) is 2.